The van der Waals surface area contributed by atoms with Crippen LogP contribution in [0, 0.1) is 0 Å². The third-order valence-corrected chi connectivity index (χ3v) is 9.48. The second-order valence-electron chi connectivity index (χ2n) is 12.7. The van der Waals surface area contributed by atoms with Crippen LogP contribution < -0.4 is 0 Å². The summed E-state index contributed by atoms with van der Waals surface area (Å²) in [6, 6.07) is 60.0. The molecule has 0 unspecified atom stereocenters. The summed E-state index contributed by atoms with van der Waals surface area (Å²) in [7, 11) is 0. The molecule has 0 spiro atoms. The van der Waals surface area contributed by atoms with Crippen LogP contribution in [0.15, 0.2) is 180 Å². The monoisotopic (exact) mass is 667 g/mol. The molecule has 0 aliphatic heterocycles. The largest absolute Gasteiger partial charge is 0.436 e. The Labute approximate surface area is 299 Å². The number of hydrogen-bond donors (Lipinski definition) is 0. The second kappa shape index (κ2) is 12.3. The van der Waals surface area contributed by atoms with Crippen molar-refractivity contribution in [3.63, 3.8) is 0 Å². The molecule has 0 N–H and O–H groups in total. The maximum absolute atomic E-state index is 6.25. The molecule has 3 aromatic heterocycles. The van der Waals surface area contributed by atoms with Gasteiger partial charge in [0.15, 0.2) is 23.1 Å². The van der Waals surface area contributed by atoms with Gasteiger partial charge < -0.3 is 8.98 Å². The van der Waals surface area contributed by atoms with E-state index in [0.717, 1.165) is 72.0 Å². The number of hydrogen-bond acceptors (Lipinski definition) is 5. The highest BCUT2D eigenvalue weighted by Crippen LogP contribution is 2.38. The Balaban J connectivity index is 1.15. The summed E-state index contributed by atoms with van der Waals surface area (Å²) in [5.74, 6) is 2.51. The van der Waals surface area contributed by atoms with E-state index < -0.39 is 0 Å². The van der Waals surface area contributed by atoms with Gasteiger partial charge in [0.25, 0.3) is 0 Å². The first-order chi connectivity index (χ1) is 25.7. The molecule has 0 aliphatic rings. The molecular formula is C46H29N5O. The molecule has 10 aromatic rings. The van der Waals surface area contributed by atoms with Crippen molar-refractivity contribution in [2.45, 2.75) is 0 Å². The highest BCUT2D eigenvalue weighted by Gasteiger charge is 2.18. The van der Waals surface area contributed by atoms with E-state index in [1.54, 1.807) is 0 Å². The molecule has 0 atom stereocenters. The first kappa shape index (κ1) is 29.7. The molecule has 7 aromatic carbocycles. The van der Waals surface area contributed by atoms with Crippen LogP contribution in [0.5, 0.6) is 0 Å². The molecule has 3 heterocycles. The fraction of sp³-hybridized carbons (Fsp3) is 0. The topological polar surface area (TPSA) is 69.6 Å². The molecule has 6 heteroatoms. The Morgan fingerprint density at radius 3 is 1.42 bits per heavy atom. The van der Waals surface area contributed by atoms with E-state index in [0.29, 0.717) is 23.4 Å². The van der Waals surface area contributed by atoms with Crippen LogP contribution in [-0.2, 0) is 0 Å². The van der Waals surface area contributed by atoms with E-state index in [1.165, 1.54) is 0 Å². The van der Waals surface area contributed by atoms with Crippen molar-refractivity contribution in [2.75, 3.05) is 0 Å². The third kappa shape index (κ3) is 5.22. The minimum absolute atomic E-state index is 0.617. The molecule has 0 amide bonds. The number of nitrogens with zero attached hydrogens (tertiary/aromatic N) is 5. The first-order valence-corrected chi connectivity index (χ1v) is 17.2. The van der Waals surface area contributed by atoms with Crippen LogP contribution in [0.4, 0.5) is 0 Å². The van der Waals surface area contributed by atoms with Gasteiger partial charge in [-0.25, -0.2) is 19.9 Å². The highest BCUT2D eigenvalue weighted by atomic mass is 16.3. The maximum atomic E-state index is 6.25. The van der Waals surface area contributed by atoms with Gasteiger partial charge in [0.2, 0.25) is 5.89 Å². The van der Waals surface area contributed by atoms with E-state index in [9.17, 15) is 0 Å². The minimum atomic E-state index is 0.617. The Hall–Kier alpha value is -7.18. The molecular weight excluding hydrogens is 639 g/mol. The fourth-order valence-corrected chi connectivity index (χ4v) is 6.94. The van der Waals surface area contributed by atoms with Gasteiger partial charge in [-0.05, 0) is 77.9 Å². The molecule has 0 saturated heterocycles. The maximum Gasteiger partial charge on any atom is 0.227 e. The Morgan fingerprint density at radius 2 is 0.827 bits per heavy atom. The standard InChI is InChI=1S/C46H29N5O/c1-5-13-30(14-6-1)43-48-44(31-15-7-2-8-16-31)50-45(49-43)35-23-26-41-38(28-35)37-27-33(22-25-40(37)51(41)36-19-11-4-12-20-36)34-21-24-39-42(29-34)52-46(47-39)32-17-9-3-10-18-32/h1-29H. The summed E-state index contributed by atoms with van der Waals surface area (Å²) in [5.41, 5.74) is 10.8. The van der Waals surface area contributed by atoms with E-state index in [-0.39, 0.29) is 0 Å². The summed E-state index contributed by atoms with van der Waals surface area (Å²) < 4.78 is 8.57. The number of para-hydroxylation sites is 1. The van der Waals surface area contributed by atoms with E-state index in [4.69, 9.17) is 24.4 Å². The average molecular weight is 668 g/mol. The van der Waals surface area contributed by atoms with Crippen molar-refractivity contribution in [3.05, 3.63) is 176 Å². The third-order valence-electron chi connectivity index (χ3n) is 9.48. The van der Waals surface area contributed by atoms with E-state index >= 15 is 0 Å². The van der Waals surface area contributed by atoms with Gasteiger partial charge in [-0.3, -0.25) is 0 Å². The predicted molar refractivity (Wildman–Crippen MR) is 209 cm³/mol. The molecule has 244 valence electrons. The lowest BCUT2D eigenvalue weighted by Gasteiger charge is -2.09. The van der Waals surface area contributed by atoms with Gasteiger partial charge in [0, 0.05) is 38.7 Å². The SMILES string of the molecule is c1ccc(-c2nc(-c3ccccc3)nc(-c3ccc4c(c3)c3cc(-c5ccc6nc(-c7ccccc7)oc6c5)ccc3n4-c3ccccc3)n2)cc1. The number of oxazole rings is 1. The molecule has 0 fully saturated rings. The van der Waals surface area contributed by atoms with Crippen LogP contribution in [0.2, 0.25) is 0 Å². The summed E-state index contributed by atoms with van der Waals surface area (Å²) >= 11 is 0. The highest BCUT2D eigenvalue weighted by molar-refractivity contribution is 6.11. The fourth-order valence-electron chi connectivity index (χ4n) is 6.94. The van der Waals surface area contributed by atoms with Crippen molar-refractivity contribution >= 4 is 32.9 Å². The van der Waals surface area contributed by atoms with Crippen LogP contribution in [0.3, 0.4) is 0 Å². The van der Waals surface area contributed by atoms with Gasteiger partial charge in [0.05, 0.1) is 11.0 Å². The molecule has 0 radical (unpaired) electrons. The Kier molecular flexibility index (Phi) is 7.03. The zero-order valence-electron chi connectivity index (χ0n) is 27.9. The van der Waals surface area contributed by atoms with Gasteiger partial charge >= 0.3 is 0 Å². The van der Waals surface area contributed by atoms with Crippen molar-refractivity contribution in [1.82, 2.24) is 24.5 Å². The van der Waals surface area contributed by atoms with Crippen molar-refractivity contribution in [1.29, 1.82) is 0 Å². The number of aromatic nitrogens is 5. The van der Waals surface area contributed by atoms with Gasteiger partial charge in [-0.15, -0.1) is 0 Å². The zero-order valence-corrected chi connectivity index (χ0v) is 27.9. The smallest absolute Gasteiger partial charge is 0.227 e. The van der Waals surface area contributed by atoms with Crippen LogP contribution in [0.1, 0.15) is 0 Å². The quantitative estimate of drug-likeness (QED) is 0.176. The lowest BCUT2D eigenvalue weighted by molar-refractivity contribution is 0.620. The summed E-state index contributed by atoms with van der Waals surface area (Å²) in [4.78, 5) is 19.7. The average Bonchev–Trinajstić information content (AvgIpc) is 3.80. The second-order valence-corrected chi connectivity index (χ2v) is 12.7. The zero-order chi connectivity index (χ0) is 34.4. The van der Waals surface area contributed by atoms with Gasteiger partial charge in [-0.2, -0.15) is 0 Å². The van der Waals surface area contributed by atoms with Crippen LogP contribution >= 0.6 is 0 Å². The molecule has 6 nitrogen and oxygen atoms in total. The first-order valence-electron chi connectivity index (χ1n) is 17.2. The van der Waals surface area contributed by atoms with Gasteiger partial charge in [0.1, 0.15) is 5.52 Å². The predicted octanol–water partition coefficient (Wildman–Crippen LogP) is 11.4. The Bertz CT molecular complexity index is 2820. The molecule has 0 saturated carbocycles. The normalized spacial score (nSPS) is 11.5. The van der Waals surface area contributed by atoms with Crippen molar-refractivity contribution in [3.8, 4) is 62.4 Å². The number of benzene rings is 7. The molecule has 0 aliphatic carbocycles. The summed E-state index contributed by atoms with van der Waals surface area (Å²) in [6.45, 7) is 0. The van der Waals surface area contributed by atoms with E-state index in [2.05, 4.69) is 77.4 Å². The van der Waals surface area contributed by atoms with Gasteiger partial charge in [-0.1, -0.05) is 109 Å². The van der Waals surface area contributed by atoms with Crippen LogP contribution in [0.25, 0.3) is 95.3 Å². The minimum Gasteiger partial charge on any atom is -0.436 e. The number of fused-ring (bicyclic) bond motifs is 4. The lowest BCUT2D eigenvalue weighted by atomic mass is 10.0. The van der Waals surface area contributed by atoms with Crippen molar-refractivity contribution in [2.24, 2.45) is 0 Å². The van der Waals surface area contributed by atoms with Crippen molar-refractivity contribution < 1.29 is 4.42 Å². The molecule has 10 rings (SSSR count). The van der Waals surface area contributed by atoms with E-state index in [1.807, 2.05) is 103 Å². The number of rotatable bonds is 6. The summed E-state index contributed by atoms with van der Waals surface area (Å²) in [6.07, 6.45) is 0. The Morgan fingerprint density at radius 1 is 0.365 bits per heavy atom. The molecule has 52 heavy (non-hydrogen) atoms. The lowest BCUT2D eigenvalue weighted by Crippen LogP contribution is -2.00. The summed E-state index contributed by atoms with van der Waals surface area (Å²) in [5, 5.41) is 2.23. The van der Waals surface area contributed by atoms with Crippen LogP contribution in [-0.4, -0.2) is 24.5 Å². The molecule has 0 bridgehead atoms.